The van der Waals surface area contributed by atoms with Crippen LogP contribution in [0.5, 0.6) is 5.75 Å². The van der Waals surface area contributed by atoms with Crippen molar-refractivity contribution in [2.24, 2.45) is 0 Å². The normalized spacial score (nSPS) is 10.5. The zero-order chi connectivity index (χ0) is 13.1. The molecule has 3 aromatic rings. The van der Waals surface area contributed by atoms with Crippen LogP contribution < -0.4 is 10.5 Å². The molecule has 2 heterocycles. The lowest BCUT2D eigenvalue weighted by Gasteiger charge is -2.05. The molecular weight excluding hydrogens is 244 g/mol. The van der Waals surface area contributed by atoms with Gasteiger partial charge in [-0.15, -0.1) is 0 Å². The van der Waals surface area contributed by atoms with Gasteiger partial charge in [0.15, 0.2) is 6.61 Å². The van der Waals surface area contributed by atoms with E-state index in [9.17, 15) is 0 Å². The fourth-order valence-electron chi connectivity index (χ4n) is 1.64. The summed E-state index contributed by atoms with van der Waals surface area (Å²) in [6.45, 7) is 0.182. The molecule has 3 rings (SSSR count). The highest BCUT2D eigenvalue weighted by molar-refractivity contribution is 5.51. The number of aromatic amines is 1. The van der Waals surface area contributed by atoms with E-state index in [0.29, 0.717) is 23.2 Å². The summed E-state index contributed by atoms with van der Waals surface area (Å²) >= 11 is 0. The van der Waals surface area contributed by atoms with E-state index in [2.05, 4.69) is 15.1 Å². The number of rotatable bonds is 4. The number of anilines is 1. The SMILES string of the molecule is Nc1ccccc1OCc1nc(-c2ccc[nH]2)no1. The van der Waals surface area contributed by atoms with Crippen LogP contribution in [0.1, 0.15) is 5.89 Å². The van der Waals surface area contributed by atoms with E-state index < -0.39 is 0 Å². The maximum absolute atomic E-state index is 5.77. The highest BCUT2D eigenvalue weighted by Gasteiger charge is 2.10. The Morgan fingerprint density at radius 3 is 2.89 bits per heavy atom. The van der Waals surface area contributed by atoms with Crippen molar-refractivity contribution in [3.8, 4) is 17.3 Å². The molecular formula is C13H12N4O2. The smallest absolute Gasteiger partial charge is 0.264 e. The van der Waals surface area contributed by atoms with Gasteiger partial charge in [0.25, 0.3) is 5.89 Å². The van der Waals surface area contributed by atoms with Crippen LogP contribution in [0.4, 0.5) is 5.69 Å². The zero-order valence-electron chi connectivity index (χ0n) is 10.0. The number of hydrogen-bond acceptors (Lipinski definition) is 5. The fraction of sp³-hybridized carbons (Fsp3) is 0.0769. The number of benzene rings is 1. The van der Waals surface area contributed by atoms with Crippen LogP contribution in [0.3, 0.4) is 0 Å². The molecule has 0 bridgehead atoms. The van der Waals surface area contributed by atoms with Gasteiger partial charge >= 0.3 is 0 Å². The van der Waals surface area contributed by atoms with Gasteiger partial charge in [-0.2, -0.15) is 4.98 Å². The standard InChI is InChI=1S/C13H12N4O2/c14-9-4-1-2-6-11(9)18-8-12-16-13(17-19-12)10-5-3-7-15-10/h1-7,15H,8,14H2. The number of para-hydroxylation sites is 2. The molecule has 0 saturated heterocycles. The molecule has 0 fully saturated rings. The van der Waals surface area contributed by atoms with Crippen molar-refractivity contribution in [1.29, 1.82) is 0 Å². The Morgan fingerprint density at radius 1 is 1.21 bits per heavy atom. The van der Waals surface area contributed by atoms with Crippen LogP contribution in [0, 0.1) is 0 Å². The van der Waals surface area contributed by atoms with Crippen LogP contribution in [0.25, 0.3) is 11.5 Å². The highest BCUT2D eigenvalue weighted by Crippen LogP contribution is 2.21. The molecule has 1 aromatic carbocycles. The minimum Gasteiger partial charge on any atom is -0.482 e. The molecule has 0 aliphatic rings. The molecule has 0 saturated carbocycles. The van der Waals surface area contributed by atoms with Gasteiger partial charge in [-0.3, -0.25) is 0 Å². The third-order valence-electron chi connectivity index (χ3n) is 2.58. The lowest BCUT2D eigenvalue weighted by Crippen LogP contribution is -1.98. The first-order valence-corrected chi connectivity index (χ1v) is 5.76. The second-order valence-corrected chi connectivity index (χ2v) is 3.92. The predicted molar refractivity (Wildman–Crippen MR) is 69.3 cm³/mol. The van der Waals surface area contributed by atoms with E-state index in [-0.39, 0.29) is 6.61 Å². The average Bonchev–Trinajstić information content (AvgIpc) is 3.09. The van der Waals surface area contributed by atoms with Gasteiger partial charge in [0.05, 0.1) is 11.4 Å². The van der Waals surface area contributed by atoms with E-state index in [1.165, 1.54) is 0 Å². The van der Waals surface area contributed by atoms with Crippen molar-refractivity contribution in [3.63, 3.8) is 0 Å². The maximum Gasteiger partial charge on any atom is 0.264 e. The monoisotopic (exact) mass is 256 g/mol. The molecule has 0 unspecified atom stereocenters. The molecule has 96 valence electrons. The van der Waals surface area contributed by atoms with Crippen LogP contribution in [0.15, 0.2) is 47.1 Å². The molecule has 0 amide bonds. The number of ether oxygens (including phenoxy) is 1. The van der Waals surface area contributed by atoms with Crippen LogP contribution in [-0.4, -0.2) is 15.1 Å². The Hall–Kier alpha value is -2.76. The number of nitrogen functional groups attached to an aromatic ring is 1. The lowest BCUT2D eigenvalue weighted by atomic mass is 10.3. The molecule has 6 heteroatoms. The molecule has 0 radical (unpaired) electrons. The summed E-state index contributed by atoms with van der Waals surface area (Å²) in [7, 11) is 0. The van der Waals surface area contributed by atoms with Gasteiger partial charge in [0, 0.05) is 6.20 Å². The molecule has 0 spiro atoms. The molecule has 3 N–H and O–H groups in total. The van der Waals surface area contributed by atoms with Gasteiger partial charge in [-0.1, -0.05) is 17.3 Å². The van der Waals surface area contributed by atoms with Crippen LogP contribution in [-0.2, 0) is 6.61 Å². The van der Waals surface area contributed by atoms with Crippen molar-refractivity contribution in [1.82, 2.24) is 15.1 Å². The second kappa shape index (κ2) is 4.85. The highest BCUT2D eigenvalue weighted by atomic mass is 16.5. The van der Waals surface area contributed by atoms with Crippen molar-refractivity contribution in [2.75, 3.05) is 5.73 Å². The quantitative estimate of drug-likeness (QED) is 0.698. The topological polar surface area (TPSA) is 90.0 Å². The molecule has 19 heavy (non-hydrogen) atoms. The number of nitrogens with zero attached hydrogens (tertiary/aromatic N) is 2. The second-order valence-electron chi connectivity index (χ2n) is 3.92. The van der Waals surface area contributed by atoms with Crippen molar-refractivity contribution >= 4 is 5.69 Å². The summed E-state index contributed by atoms with van der Waals surface area (Å²) in [4.78, 5) is 7.23. The molecule has 0 aliphatic carbocycles. The van der Waals surface area contributed by atoms with Gasteiger partial charge in [-0.05, 0) is 24.3 Å². The maximum atomic E-state index is 5.77. The fourth-order valence-corrected chi connectivity index (χ4v) is 1.64. The first-order chi connectivity index (χ1) is 9.33. The number of nitrogens with one attached hydrogen (secondary N) is 1. The predicted octanol–water partition coefficient (Wildman–Crippen LogP) is 2.23. The summed E-state index contributed by atoms with van der Waals surface area (Å²) in [6, 6.07) is 11.0. The summed E-state index contributed by atoms with van der Waals surface area (Å²) in [5.41, 5.74) is 7.15. The summed E-state index contributed by atoms with van der Waals surface area (Å²) in [5, 5.41) is 3.86. The minimum atomic E-state index is 0.182. The van der Waals surface area contributed by atoms with Crippen molar-refractivity contribution in [3.05, 3.63) is 48.5 Å². The van der Waals surface area contributed by atoms with Crippen LogP contribution in [0.2, 0.25) is 0 Å². The van der Waals surface area contributed by atoms with Gasteiger partial charge in [-0.25, -0.2) is 0 Å². The summed E-state index contributed by atoms with van der Waals surface area (Å²) < 4.78 is 10.6. The number of hydrogen-bond donors (Lipinski definition) is 2. The number of aromatic nitrogens is 3. The average molecular weight is 256 g/mol. The van der Waals surface area contributed by atoms with E-state index in [0.717, 1.165) is 5.69 Å². The van der Waals surface area contributed by atoms with Crippen molar-refractivity contribution < 1.29 is 9.26 Å². The Balaban J connectivity index is 1.70. The summed E-state index contributed by atoms with van der Waals surface area (Å²) in [6.07, 6.45) is 1.80. The third kappa shape index (κ3) is 2.42. The third-order valence-corrected chi connectivity index (χ3v) is 2.58. The van der Waals surface area contributed by atoms with Gasteiger partial charge < -0.3 is 20.0 Å². The molecule has 0 atom stereocenters. The Bertz CT molecular complexity index is 661. The molecule has 2 aromatic heterocycles. The lowest BCUT2D eigenvalue weighted by molar-refractivity contribution is 0.244. The van der Waals surface area contributed by atoms with E-state index in [1.54, 1.807) is 18.3 Å². The van der Waals surface area contributed by atoms with Gasteiger partial charge in [0.2, 0.25) is 5.82 Å². The number of nitrogens with two attached hydrogens (primary N) is 1. The Morgan fingerprint density at radius 2 is 2.11 bits per heavy atom. The number of H-pyrrole nitrogens is 1. The van der Waals surface area contributed by atoms with E-state index in [4.69, 9.17) is 15.0 Å². The first kappa shape index (κ1) is 11.3. The van der Waals surface area contributed by atoms with E-state index in [1.807, 2.05) is 24.3 Å². The first-order valence-electron chi connectivity index (χ1n) is 5.76. The Labute approximate surface area is 109 Å². The van der Waals surface area contributed by atoms with Crippen LogP contribution >= 0.6 is 0 Å². The van der Waals surface area contributed by atoms with Gasteiger partial charge in [0.1, 0.15) is 5.75 Å². The largest absolute Gasteiger partial charge is 0.482 e. The molecule has 6 nitrogen and oxygen atoms in total. The minimum absolute atomic E-state index is 0.182. The molecule has 0 aliphatic heterocycles. The summed E-state index contributed by atoms with van der Waals surface area (Å²) in [5.74, 6) is 1.50. The van der Waals surface area contributed by atoms with E-state index >= 15 is 0 Å². The van der Waals surface area contributed by atoms with Crippen molar-refractivity contribution in [2.45, 2.75) is 6.61 Å². The Kier molecular flexibility index (Phi) is 2.89. The zero-order valence-corrected chi connectivity index (χ0v) is 10.0.